The first-order valence-corrected chi connectivity index (χ1v) is 12.0. The Morgan fingerprint density at radius 2 is 2.03 bits per heavy atom. The van der Waals surface area contributed by atoms with Crippen LogP contribution in [0.4, 0.5) is 4.39 Å². The largest absolute Gasteiger partial charge is 0.457 e. The van der Waals surface area contributed by atoms with Crippen molar-refractivity contribution in [2.75, 3.05) is 19.8 Å². The molecule has 0 spiro atoms. The zero-order chi connectivity index (χ0) is 24.7. The second kappa shape index (κ2) is 11.4. The minimum Gasteiger partial charge on any atom is -0.457 e. The number of hydrogen-bond donors (Lipinski definition) is 2. The Hall–Kier alpha value is -3.37. The molecule has 35 heavy (non-hydrogen) atoms. The maximum atomic E-state index is 13.3. The Kier molecular flexibility index (Phi) is 8.04. The van der Waals surface area contributed by atoms with Crippen LogP contribution in [0.5, 0.6) is 11.5 Å². The molecule has 2 aromatic carbocycles. The van der Waals surface area contributed by atoms with Crippen molar-refractivity contribution in [1.82, 2.24) is 30.8 Å². The highest BCUT2D eigenvalue weighted by Gasteiger charge is 2.44. The molecule has 0 bridgehead atoms. The van der Waals surface area contributed by atoms with Crippen LogP contribution in [0.3, 0.4) is 0 Å². The molecule has 2 heterocycles. The van der Waals surface area contributed by atoms with E-state index in [9.17, 15) is 9.18 Å². The van der Waals surface area contributed by atoms with Crippen molar-refractivity contribution in [1.29, 1.82) is 0 Å². The van der Waals surface area contributed by atoms with Crippen molar-refractivity contribution in [2.45, 2.75) is 51.2 Å². The number of carbonyl (C=O) groups excluding carboxylic acids is 1. The van der Waals surface area contributed by atoms with E-state index in [1.165, 1.54) is 12.1 Å². The summed E-state index contributed by atoms with van der Waals surface area (Å²) in [5.74, 6) is 1.34. The van der Waals surface area contributed by atoms with E-state index in [0.29, 0.717) is 56.5 Å². The summed E-state index contributed by atoms with van der Waals surface area (Å²) in [5, 5.41) is 19.0. The fourth-order valence-corrected chi connectivity index (χ4v) is 4.39. The number of nitrogens with one attached hydrogen (secondary N) is 2. The molecule has 0 aliphatic carbocycles. The zero-order valence-electron chi connectivity index (χ0n) is 20.0. The van der Waals surface area contributed by atoms with Crippen molar-refractivity contribution in [2.24, 2.45) is 0 Å². The quantitative estimate of drug-likeness (QED) is 0.382. The summed E-state index contributed by atoms with van der Waals surface area (Å²) in [6, 6.07) is 12.9. The number of benzene rings is 2. The first-order valence-electron chi connectivity index (χ1n) is 12.0. The Morgan fingerprint density at radius 3 is 2.74 bits per heavy atom. The number of ether oxygens (including phenoxy) is 2. The molecule has 1 aromatic heterocycles. The smallest absolute Gasteiger partial charge is 0.240 e. The Morgan fingerprint density at radius 1 is 1.20 bits per heavy atom. The molecule has 9 nitrogen and oxygen atoms in total. The molecule has 2 N–H and O–H groups in total. The Balaban J connectivity index is 1.69. The summed E-state index contributed by atoms with van der Waals surface area (Å²) in [4.78, 5) is 12.9. The van der Waals surface area contributed by atoms with Crippen molar-refractivity contribution < 1.29 is 18.7 Å². The minimum atomic E-state index is -0.732. The van der Waals surface area contributed by atoms with E-state index in [4.69, 9.17) is 9.47 Å². The van der Waals surface area contributed by atoms with Crippen LogP contribution in [-0.2, 0) is 16.1 Å². The number of tetrazole rings is 1. The van der Waals surface area contributed by atoms with Gasteiger partial charge in [-0.3, -0.25) is 10.1 Å². The fraction of sp³-hybridized carbons (Fsp3) is 0.440. The number of carbonyl (C=O) groups is 1. The first kappa shape index (κ1) is 24.7. The van der Waals surface area contributed by atoms with Gasteiger partial charge in [-0.05, 0) is 72.2 Å². The molecule has 1 aliphatic heterocycles. The molecular formula is C25H31FN6O3. The number of hydrogen-bond acceptors (Lipinski definition) is 7. The van der Waals surface area contributed by atoms with Gasteiger partial charge in [0.1, 0.15) is 22.9 Å². The van der Waals surface area contributed by atoms with Crippen LogP contribution in [0, 0.1) is 5.82 Å². The van der Waals surface area contributed by atoms with Gasteiger partial charge < -0.3 is 14.8 Å². The summed E-state index contributed by atoms with van der Waals surface area (Å²) in [6.07, 6.45) is 2.19. The van der Waals surface area contributed by atoms with Crippen LogP contribution in [0.25, 0.3) is 0 Å². The molecule has 2 unspecified atom stereocenters. The predicted octanol–water partition coefficient (Wildman–Crippen LogP) is 3.38. The zero-order valence-corrected chi connectivity index (χ0v) is 20.0. The van der Waals surface area contributed by atoms with Crippen LogP contribution >= 0.6 is 0 Å². The van der Waals surface area contributed by atoms with Crippen LogP contribution in [-0.4, -0.2) is 51.4 Å². The average Bonchev–Trinajstić information content (AvgIpc) is 3.46. The SMILES string of the molecule is CCCC1(NC(c2cccc(Oc3ccc(F)cc3)c2)c2nnnn2CCOCC)CCNC1=O. The molecule has 0 radical (unpaired) electrons. The van der Waals surface area contributed by atoms with E-state index in [0.717, 1.165) is 12.0 Å². The Labute approximate surface area is 204 Å². The summed E-state index contributed by atoms with van der Waals surface area (Å²) >= 11 is 0. The van der Waals surface area contributed by atoms with Crippen LogP contribution < -0.4 is 15.4 Å². The van der Waals surface area contributed by atoms with Crippen molar-refractivity contribution in [3.05, 3.63) is 65.7 Å². The normalized spacial score (nSPS) is 18.4. The van der Waals surface area contributed by atoms with Crippen LogP contribution in [0.1, 0.15) is 50.5 Å². The van der Waals surface area contributed by atoms with E-state index in [1.807, 2.05) is 31.2 Å². The molecule has 10 heteroatoms. The van der Waals surface area contributed by atoms with Gasteiger partial charge in [0.15, 0.2) is 5.82 Å². The monoisotopic (exact) mass is 482 g/mol. The van der Waals surface area contributed by atoms with Gasteiger partial charge in [0.05, 0.1) is 19.2 Å². The van der Waals surface area contributed by atoms with E-state index < -0.39 is 11.6 Å². The summed E-state index contributed by atoms with van der Waals surface area (Å²) in [5.41, 5.74) is 0.108. The van der Waals surface area contributed by atoms with Gasteiger partial charge in [0, 0.05) is 13.2 Å². The van der Waals surface area contributed by atoms with Crippen molar-refractivity contribution >= 4 is 5.91 Å². The van der Waals surface area contributed by atoms with E-state index in [-0.39, 0.29) is 11.7 Å². The number of rotatable bonds is 12. The van der Waals surface area contributed by atoms with Crippen LogP contribution in [0.2, 0.25) is 0 Å². The number of aromatic nitrogens is 4. The van der Waals surface area contributed by atoms with E-state index in [2.05, 4.69) is 33.1 Å². The maximum absolute atomic E-state index is 13.3. The average molecular weight is 483 g/mol. The van der Waals surface area contributed by atoms with Crippen LogP contribution in [0.15, 0.2) is 48.5 Å². The van der Waals surface area contributed by atoms with Gasteiger partial charge in [-0.25, -0.2) is 9.07 Å². The molecule has 186 valence electrons. The van der Waals surface area contributed by atoms with Gasteiger partial charge >= 0.3 is 0 Å². The lowest BCUT2D eigenvalue weighted by molar-refractivity contribution is -0.125. The second-order valence-corrected chi connectivity index (χ2v) is 8.50. The topological polar surface area (TPSA) is 103 Å². The number of halogens is 1. The third-order valence-corrected chi connectivity index (χ3v) is 6.08. The van der Waals surface area contributed by atoms with E-state index >= 15 is 0 Å². The first-order chi connectivity index (χ1) is 17.0. The fourth-order valence-electron chi connectivity index (χ4n) is 4.39. The maximum Gasteiger partial charge on any atom is 0.240 e. The molecule has 1 aliphatic rings. The summed E-state index contributed by atoms with van der Waals surface area (Å²) < 4.78 is 26.5. The van der Waals surface area contributed by atoms with Gasteiger partial charge in [-0.2, -0.15) is 0 Å². The number of nitrogens with zero attached hydrogens (tertiary/aromatic N) is 4. The standard InChI is InChI=1S/C25H31FN6O3/c1-3-12-25(13-14-27-24(25)33)28-22(23-29-30-31-32(23)15-16-34-4-2)18-6-5-7-21(17-18)35-20-10-8-19(26)9-11-20/h5-11,17,22,28H,3-4,12-16H2,1-2H3,(H,27,33). The lowest BCUT2D eigenvalue weighted by atomic mass is 9.89. The number of amides is 1. The van der Waals surface area contributed by atoms with Gasteiger partial charge in [-0.15, -0.1) is 5.10 Å². The molecule has 3 aromatic rings. The molecule has 4 rings (SSSR count). The van der Waals surface area contributed by atoms with Gasteiger partial charge in [0.25, 0.3) is 0 Å². The van der Waals surface area contributed by atoms with Crippen molar-refractivity contribution in [3.63, 3.8) is 0 Å². The third-order valence-electron chi connectivity index (χ3n) is 6.08. The van der Waals surface area contributed by atoms with Crippen molar-refractivity contribution in [3.8, 4) is 11.5 Å². The molecule has 1 amide bonds. The van der Waals surface area contributed by atoms with Gasteiger partial charge in [0.2, 0.25) is 5.91 Å². The second-order valence-electron chi connectivity index (χ2n) is 8.50. The summed E-state index contributed by atoms with van der Waals surface area (Å²) in [6.45, 7) is 6.16. The minimum absolute atomic E-state index is 0.0172. The molecule has 1 fully saturated rings. The lowest BCUT2D eigenvalue weighted by Gasteiger charge is -2.32. The predicted molar refractivity (Wildman–Crippen MR) is 127 cm³/mol. The molecule has 1 saturated heterocycles. The highest BCUT2D eigenvalue weighted by Crippen LogP contribution is 2.32. The summed E-state index contributed by atoms with van der Waals surface area (Å²) in [7, 11) is 0. The lowest BCUT2D eigenvalue weighted by Crippen LogP contribution is -2.53. The highest BCUT2D eigenvalue weighted by molar-refractivity contribution is 5.88. The Bertz CT molecular complexity index is 1120. The molecule has 2 atom stereocenters. The van der Waals surface area contributed by atoms with Gasteiger partial charge in [-0.1, -0.05) is 25.5 Å². The highest BCUT2D eigenvalue weighted by atomic mass is 19.1. The third kappa shape index (κ3) is 5.83. The van der Waals surface area contributed by atoms with E-state index in [1.54, 1.807) is 16.8 Å². The molecule has 0 saturated carbocycles. The molecular weight excluding hydrogens is 451 g/mol.